The number of nitro benzene ring substituents is 1. The summed E-state index contributed by atoms with van der Waals surface area (Å²) in [5.74, 6) is 0. The van der Waals surface area contributed by atoms with Gasteiger partial charge in [0.15, 0.2) is 0 Å². The molecule has 0 aromatic heterocycles. The maximum Gasteiger partial charge on any atom is 0.272 e. The molecule has 1 atom stereocenters. The lowest BCUT2D eigenvalue weighted by Gasteiger charge is -2.44. The number of quaternary nitrogens is 1. The topological polar surface area (TPSA) is 43.1 Å². The molecule has 1 aromatic carbocycles. The summed E-state index contributed by atoms with van der Waals surface area (Å²) < 4.78 is 1.41. The SMILES string of the molecule is CCCC[N+](CCCC)(CCCC)C(C)CCC.Cc1ccccc1[N+](=O)[O-].[F-]. The van der Waals surface area contributed by atoms with Crippen molar-refractivity contribution in [1.29, 1.82) is 0 Å². The fourth-order valence-corrected chi connectivity index (χ4v) is 3.88. The molecule has 1 rings (SSSR count). The highest BCUT2D eigenvalue weighted by Crippen LogP contribution is 2.22. The normalized spacial score (nSPS) is 11.8. The van der Waals surface area contributed by atoms with Crippen LogP contribution in [0.3, 0.4) is 0 Å². The van der Waals surface area contributed by atoms with Gasteiger partial charge in [-0.15, -0.1) is 0 Å². The second-order valence-corrected chi connectivity index (χ2v) is 8.13. The van der Waals surface area contributed by atoms with E-state index >= 15 is 0 Å². The van der Waals surface area contributed by atoms with Crippen molar-refractivity contribution in [2.75, 3.05) is 19.6 Å². The summed E-state index contributed by atoms with van der Waals surface area (Å²) in [4.78, 5) is 9.85. The van der Waals surface area contributed by atoms with Gasteiger partial charge in [-0.3, -0.25) is 10.1 Å². The van der Waals surface area contributed by atoms with E-state index < -0.39 is 0 Å². The van der Waals surface area contributed by atoms with E-state index in [4.69, 9.17) is 0 Å². The summed E-state index contributed by atoms with van der Waals surface area (Å²) in [5, 5.41) is 10.2. The second kappa shape index (κ2) is 17.4. The van der Waals surface area contributed by atoms with Gasteiger partial charge in [0.2, 0.25) is 0 Å². The zero-order valence-electron chi connectivity index (χ0n) is 19.8. The smallest absolute Gasteiger partial charge is 0.272 e. The van der Waals surface area contributed by atoms with Crippen LogP contribution in [0.4, 0.5) is 5.69 Å². The molecule has 170 valence electrons. The number of nitrogens with zero attached hydrogens (tertiary/aromatic N) is 2. The standard InChI is InChI=1S/C17H38N.C7H7NO2.FH/c1-6-10-14-18(15-11-7-2,16-12-8-3)17(5)13-9-4;1-6-4-2-3-5-7(6)8(9)10;/h17H,6-16H2,1-5H3;2-5H,1H3;1H/q+1;;/p-1. The predicted molar refractivity (Wildman–Crippen MR) is 122 cm³/mol. The largest absolute Gasteiger partial charge is 1.00 e. The Morgan fingerprint density at radius 2 is 1.34 bits per heavy atom. The van der Waals surface area contributed by atoms with Crippen molar-refractivity contribution >= 4 is 5.69 Å². The molecule has 4 nitrogen and oxygen atoms in total. The molecule has 5 heteroatoms. The van der Waals surface area contributed by atoms with Crippen LogP contribution in [-0.4, -0.2) is 35.1 Å². The van der Waals surface area contributed by atoms with E-state index in [0.29, 0.717) is 5.56 Å². The van der Waals surface area contributed by atoms with E-state index in [1.165, 1.54) is 81.6 Å². The number of halogens is 1. The van der Waals surface area contributed by atoms with Crippen molar-refractivity contribution in [2.45, 2.75) is 99.0 Å². The second-order valence-electron chi connectivity index (χ2n) is 8.13. The Kier molecular flexibility index (Phi) is 17.8. The average molecular weight is 413 g/mol. The van der Waals surface area contributed by atoms with E-state index in [9.17, 15) is 10.1 Å². The van der Waals surface area contributed by atoms with Gasteiger partial charge in [0, 0.05) is 11.6 Å². The number of para-hydroxylation sites is 1. The lowest BCUT2D eigenvalue weighted by Crippen LogP contribution is -3.00. The van der Waals surface area contributed by atoms with Crippen molar-refractivity contribution < 1.29 is 14.1 Å². The Hall–Kier alpha value is -1.49. The number of nitro groups is 1. The number of aryl methyl sites for hydroxylation is 1. The number of hydrogen-bond donors (Lipinski definition) is 0. The van der Waals surface area contributed by atoms with Crippen LogP contribution in [0.1, 0.15) is 91.5 Å². The van der Waals surface area contributed by atoms with Gasteiger partial charge >= 0.3 is 0 Å². The molecule has 0 saturated carbocycles. The third kappa shape index (κ3) is 11.3. The van der Waals surface area contributed by atoms with E-state index in [0.717, 1.165) is 6.04 Å². The highest BCUT2D eigenvalue weighted by Gasteiger charge is 2.31. The summed E-state index contributed by atoms with van der Waals surface area (Å²) in [6, 6.07) is 7.51. The van der Waals surface area contributed by atoms with Crippen LogP contribution in [0, 0.1) is 17.0 Å². The van der Waals surface area contributed by atoms with Crippen molar-refractivity contribution in [3.8, 4) is 0 Å². The molecule has 0 bridgehead atoms. The van der Waals surface area contributed by atoms with E-state index in [1.54, 1.807) is 25.1 Å². The molecule has 0 fully saturated rings. The van der Waals surface area contributed by atoms with Gasteiger partial charge in [0.25, 0.3) is 5.69 Å². The number of unbranched alkanes of at least 4 members (excludes halogenated alkanes) is 3. The van der Waals surface area contributed by atoms with Crippen LogP contribution in [0.25, 0.3) is 0 Å². The molecule has 0 radical (unpaired) electrons. The summed E-state index contributed by atoms with van der Waals surface area (Å²) in [6.45, 7) is 17.8. The maximum absolute atomic E-state index is 10.2. The lowest BCUT2D eigenvalue weighted by atomic mass is 10.0. The Morgan fingerprint density at radius 3 is 1.66 bits per heavy atom. The van der Waals surface area contributed by atoms with E-state index in [1.807, 2.05) is 0 Å². The van der Waals surface area contributed by atoms with E-state index in [2.05, 4.69) is 34.6 Å². The molecular formula is C24H45FN2O2. The minimum atomic E-state index is -0.380. The first kappa shape index (κ1) is 29.7. The molecule has 0 heterocycles. The van der Waals surface area contributed by atoms with Gasteiger partial charge in [0.05, 0.1) is 30.6 Å². The molecule has 0 aliphatic carbocycles. The molecule has 1 aromatic rings. The molecule has 0 aliphatic rings. The predicted octanol–water partition coefficient (Wildman–Crippen LogP) is 4.30. The third-order valence-corrected chi connectivity index (χ3v) is 5.82. The Morgan fingerprint density at radius 1 is 0.897 bits per heavy atom. The fraction of sp³-hybridized carbons (Fsp3) is 0.750. The van der Waals surface area contributed by atoms with Crippen molar-refractivity contribution in [3.63, 3.8) is 0 Å². The van der Waals surface area contributed by atoms with Gasteiger partial charge in [-0.25, -0.2) is 0 Å². The van der Waals surface area contributed by atoms with Gasteiger partial charge in [-0.05, 0) is 39.5 Å². The van der Waals surface area contributed by atoms with Crippen molar-refractivity contribution in [3.05, 3.63) is 39.9 Å². The Bertz CT molecular complexity index is 516. The number of hydrogen-bond acceptors (Lipinski definition) is 2. The van der Waals surface area contributed by atoms with Crippen molar-refractivity contribution in [2.24, 2.45) is 0 Å². The zero-order valence-corrected chi connectivity index (χ0v) is 19.8. The van der Waals surface area contributed by atoms with Crippen LogP contribution in [0.2, 0.25) is 0 Å². The summed E-state index contributed by atoms with van der Waals surface area (Å²) in [7, 11) is 0. The molecule has 1 unspecified atom stereocenters. The minimum absolute atomic E-state index is 0. The van der Waals surface area contributed by atoms with Gasteiger partial charge in [0.1, 0.15) is 0 Å². The van der Waals surface area contributed by atoms with Crippen LogP contribution in [0.5, 0.6) is 0 Å². The molecule has 0 N–H and O–H groups in total. The zero-order chi connectivity index (χ0) is 21.4. The highest BCUT2D eigenvalue weighted by atomic mass is 19.0. The summed E-state index contributed by atoms with van der Waals surface area (Å²) >= 11 is 0. The molecule has 0 amide bonds. The van der Waals surface area contributed by atoms with Gasteiger partial charge in [-0.2, -0.15) is 0 Å². The first-order valence-electron chi connectivity index (χ1n) is 11.4. The van der Waals surface area contributed by atoms with Crippen LogP contribution in [-0.2, 0) is 0 Å². The summed E-state index contributed by atoms with van der Waals surface area (Å²) in [5.41, 5.74) is 0.884. The van der Waals surface area contributed by atoms with Crippen LogP contribution >= 0.6 is 0 Å². The monoisotopic (exact) mass is 412 g/mol. The first-order valence-corrected chi connectivity index (χ1v) is 11.4. The highest BCUT2D eigenvalue weighted by molar-refractivity contribution is 5.38. The molecule has 0 spiro atoms. The minimum Gasteiger partial charge on any atom is -1.00 e. The Balaban J connectivity index is 0. The quantitative estimate of drug-likeness (QED) is 0.275. The summed E-state index contributed by atoms with van der Waals surface area (Å²) in [6.07, 6.45) is 11.0. The first-order chi connectivity index (χ1) is 13.4. The number of benzene rings is 1. The molecule has 29 heavy (non-hydrogen) atoms. The maximum atomic E-state index is 10.2. The molecule has 0 aliphatic heterocycles. The fourth-order valence-electron chi connectivity index (χ4n) is 3.88. The average Bonchev–Trinajstić information content (AvgIpc) is 2.68. The van der Waals surface area contributed by atoms with Crippen molar-refractivity contribution in [1.82, 2.24) is 0 Å². The van der Waals surface area contributed by atoms with Gasteiger partial charge < -0.3 is 9.19 Å². The number of rotatable bonds is 13. The van der Waals surface area contributed by atoms with Gasteiger partial charge in [-0.1, -0.05) is 71.6 Å². The molecule has 0 saturated heterocycles. The Labute approximate surface area is 178 Å². The molecular weight excluding hydrogens is 367 g/mol. The van der Waals surface area contributed by atoms with Crippen LogP contribution < -0.4 is 4.70 Å². The van der Waals surface area contributed by atoms with Crippen LogP contribution in [0.15, 0.2) is 24.3 Å². The lowest BCUT2D eigenvalue weighted by molar-refractivity contribution is -0.950. The third-order valence-electron chi connectivity index (χ3n) is 5.82. The van der Waals surface area contributed by atoms with E-state index in [-0.39, 0.29) is 15.3 Å².